The van der Waals surface area contributed by atoms with Crippen LogP contribution in [0, 0.1) is 5.92 Å². The second-order valence-electron chi connectivity index (χ2n) is 4.01. The van der Waals surface area contributed by atoms with E-state index in [4.69, 9.17) is 11.6 Å². The highest BCUT2D eigenvalue weighted by Crippen LogP contribution is 2.15. The van der Waals surface area contributed by atoms with Gasteiger partial charge in [-0.3, -0.25) is 4.79 Å². The molecule has 1 aliphatic heterocycles. The fourth-order valence-corrected chi connectivity index (χ4v) is 2.07. The number of rotatable bonds is 4. The van der Waals surface area contributed by atoms with E-state index in [2.05, 4.69) is 11.8 Å². The molecule has 13 heavy (non-hydrogen) atoms. The van der Waals surface area contributed by atoms with Crippen LogP contribution in [0.1, 0.15) is 32.6 Å². The van der Waals surface area contributed by atoms with Crippen molar-refractivity contribution in [2.45, 2.75) is 32.6 Å². The van der Waals surface area contributed by atoms with Crippen molar-refractivity contribution in [2.24, 2.45) is 5.92 Å². The first-order valence-corrected chi connectivity index (χ1v) is 5.47. The summed E-state index contributed by atoms with van der Waals surface area (Å²) in [7, 11) is 0. The molecule has 0 spiro atoms. The number of nitrogens with zero attached hydrogens (tertiary/aromatic N) is 1. The molecule has 0 bridgehead atoms. The van der Waals surface area contributed by atoms with E-state index in [1.54, 1.807) is 0 Å². The second kappa shape index (κ2) is 5.61. The zero-order valence-corrected chi connectivity index (χ0v) is 9.02. The highest BCUT2D eigenvalue weighted by Gasteiger charge is 2.15. The third kappa shape index (κ3) is 4.63. The third-order valence-electron chi connectivity index (χ3n) is 2.59. The van der Waals surface area contributed by atoms with E-state index in [9.17, 15) is 4.79 Å². The minimum Gasteiger partial charge on any atom is -0.303 e. The molecule has 1 heterocycles. The summed E-state index contributed by atoms with van der Waals surface area (Å²) < 4.78 is 0. The molecule has 1 atom stereocenters. The van der Waals surface area contributed by atoms with Crippen molar-refractivity contribution in [3.8, 4) is 0 Å². The molecule has 0 aliphatic carbocycles. The lowest BCUT2D eigenvalue weighted by atomic mass is 10.0. The highest BCUT2D eigenvalue weighted by atomic mass is 35.5. The maximum absolute atomic E-state index is 10.5. The summed E-state index contributed by atoms with van der Waals surface area (Å²) in [5.74, 6) is 0.820. The summed E-state index contributed by atoms with van der Waals surface area (Å²) in [6.07, 6.45) is 4.09. The van der Waals surface area contributed by atoms with Gasteiger partial charge >= 0.3 is 0 Å². The van der Waals surface area contributed by atoms with E-state index in [1.165, 1.54) is 25.9 Å². The average molecular weight is 204 g/mol. The van der Waals surface area contributed by atoms with Crippen LogP contribution in [-0.2, 0) is 4.79 Å². The van der Waals surface area contributed by atoms with Crippen LogP contribution in [0.15, 0.2) is 0 Å². The fourth-order valence-electron chi connectivity index (χ4n) is 1.93. The van der Waals surface area contributed by atoms with Crippen LogP contribution >= 0.6 is 11.6 Å². The van der Waals surface area contributed by atoms with E-state index in [0.717, 1.165) is 18.9 Å². The molecule has 3 heteroatoms. The Balaban J connectivity index is 2.10. The molecule has 0 N–H and O–H groups in total. The topological polar surface area (TPSA) is 20.3 Å². The van der Waals surface area contributed by atoms with Crippen molar-refractivity contribution in [3.05, 3.63) is 0 Å². The van der Waals surface area contributed by atoms with Crippen LogP contribution < -0.4 is 0 Å². The van der Waals surface area contributed by atoms with Gasteiger partial charge in [-0.1, -0.05) is 6.92 Å². The summed E-state index contributed by atoms with van der Waals surface area (Å²) in [4.78, 5) is 12.9. The Hall–Kier alpha value is -0.0800. The minimum absolute atomic E-state index is 0.204. The quantitative estimate of drug-likeness (QED) is 0.654. The maximum Gasteiger partial charge on any atom is 0.221 e. The van der Waals surface area contributed by atoms with Crippen LogP contribution in [0.2, 0.25) is 0 Å². The van der Waals surface area contributed by atoms with Gasteiger partial charge in [0.05, 0.1) is 0 Å². The van der Waals surface area contributed by atoms with Gasteiger partial charge in [-0.15, -0.1) is 0 Å². The summed E-state index contributed by atoms with van der Waals surface area (Å²) in [5.41, 5.74) is 0. The molecule has 2 nitrogen and oxygen atoms in total. The molecule has 0 amide bonds. The molecule has 76 valence electrons. The second-order valence-corrected chi connectivity index (χ2v) is 4.43. The molecule has 1 fully saturated rings. The zero-order chi connectivity index (χ0) is 9.68. The van der Waals surface area contributed by atoms with E-state index < -0.39 is 0 Å². The lowest BCUT2D eigenvalue weighted by Gasteiger charge is -2.30. The molecule has 0 aromatic carbocycles. The molecule has 1 unspecified atom stereocenters. The standard InChI is InChI=1S/C10H18ClNO/c1-9-4-2-6-12(8-9)7-3-5-10(11)13/h9H,2-8H2,1H3. The normalized spacial score (nSPS) is 24.6. The van der Waals surface area contributed by atoms with Crippen molar-refractivity contribution in [1.29, 1.82) is 0 Å². The van der Waals surface area contributed by atoms with Crippen LogP contribution in [0.3, 0.4) is 0 Å². The first-order chi connectivity index (χ1) is 6.18. The number of piperidine rings is 1. The molecule has 1 rings (SSSR count). The summed E-state index contributed by atoms with van der Waals surface area (Å²) in [5, 5.41) is -0.204. The Bertz CT molecular complexity index is 172. The molecule has 0 saturated carbocycles. The van der Waals surface area contributed by atoms with Crippen molar-refractivity contribution >= 4 is 16.8 Å². The molecule has 0 aromatic heterocycles. The number of hydrogen-bond donors (Lipinski definition) is 0. The number of likely N-dealkylation sites (tertiary alicyclic amines) is 1. The van der Waals surface area contributed by atoms with Crippen LogP contribution in [0.4, 0.5) is 0 Å². The van der Waals surface area contributed by atoms with Crippen molar-refractivity contribution in [3.63, 3.8) is 0 Å². The molecular formula is C10H18ClNO. The first-order valence-electron chi connectivity index (χ1n) is 5.09. The average Bonchev–Trinajstić information content (AvgIpc) is 2.03. The first kappa shape index (κ1) is 11.0. The maximum atomic E-state index is 10.5. The largest absolute Gasteiger partial charge is 0.303 e. The SMILES string of the molecule is CC1CCCN(CCCC(=O)Cl)C1. The van der Waals surface area contributed by atoms with Gasteiger partial charge in [0.15, 0.2) is 0 Å². The fraction of sp³-hybridized carbons (Fsp3) is 0.900. The predicted octanol–water partition coefficient (Wildman–Crippen LogP) is 2.26. The van der Waals surface area contributed by atoms with E-state index in [0.29, 0.717) is 6.42 Å². The smallest absolute Gasteiger partial charge is 0.221 e. The van der Waals surface area contributed by atoms with Crippen LogP contribution in [0.5, 0.6) is 0 Å². The minimum atomic E-state index is -0.204. The lowest BCUT2D eigenvalue weighted by Crippen LogP contribution is -2.35. The Morgan fingerprint density at radius 3 is 3.00 bits per heavy atom. The zero-order valence-electron chi connectivity index (χ0n) is 8.26. The van der Waals surface area contributed by atoms with E-state index in [-0.39, 0.29) is 5.24 Å². The molecule has 0 aromatic rings. The van der Waals surface area contributed by atoms with Gasteiger partial charge in [0.2, 0.25) is 5.24 Å². The monoisotopic (exact) mass is 203 g/mol. The number of carbonyl (C=O) groups is 1. The van der Waals surface area contributed by atoms with E-state index >= 15 is 0 Å². The number of carbonyl (C=O) groups excluding carboxylic acids is 1. The summed E-state index contributed by atoms with van der Waals surface area (Å²) >= 11 is 5.27. The van der Waals surface area contributed by atoms with Crippen LogP contribution in [0.25, 0.3) is 0 Å². The van der Waals surface area contributed by atoms with Crippen molar-refractivity contribution < 1.29 is 4.79 Å². The van der Waals surface area contributed by atoms with Gasteiger partial charge in [0.25, 0.3) is 0 Å². The Morgan fingerprint density at radius 1 is 1.62 bits per heavy atom. The van der Waals surface area contributed by atoms with Gasteiger partial charge < -0.3 is 4.90 Å². The Kier molecular flexibility index (Phi) is 4.74. The molecule has 1 saturated heterocycles. The van der Waals surface area contributed by atoms with Gasteiger partial charge in [-0.2, -0.15) is 0 Å². The molecular weight excluding hydrogens is 186 g/mol. The van der Waals surface area contributed by atoms with Gasteiger partial charge in [0, 0.05) is 13.0 Å². The van der Waals surface area contributed by atoms with Gasteiger partial charge in [0.1, 0.15) is 0 Å². The van der Waals surface area contributed by atoms with Crippen molar-refractivity contribution in [2.75, 3.05) is 19.6 Å². The molecule has 0 radical (unpaired) electrons. The number of halogens is 1. The summed E-state index contributed by atoms with van der Waals surface area (Å²) in [6.45, 7) is 5.71. The highest BCUT2D eigenvalue weighted by molar-refractivity contribution is 6.63. The predicted molar refractivity (Wildman–Crippen MR) is 54.9 cm³/mol. The lowest BCUT2D eigenvalue weighted by molar-refractivity contribution is -0.111. The van der Waals surface area contributed by atoms with E-state index in [1.807, 2.05) is 0 Å². The van der Waals surface area contributed by atoms with Crippen molar-refractivity contribution in [1.82, 2.24) is 4.90 Å². The third-order valence-corrected chi connectivity index (χ3v) is 2.78. The van der Waals surface area contributed by atoms with Crippen LogP contribution in [-0.4, -0.2) is 29.8 Å². The number of hydrogen-bond acceptors (Lipinski definition) is 2. The summed E-state index contributed by atoms with van der Waals surface area (Å²) in [6, 6.07) is 0. The Morgan fingerprint density at radius 2 is 2.38 bits per heavy atom. The van der Waals surface area contributed by atoms with Gasteiger partial charge in [-0.05, 0) is 49.9 Å². The van der Waals surface area contributed by atoms with Gasteiger partial charge in [-0.25, -0.2) is 0 Å². The molecule has 1 aliphatic rings. The Labute approximate surface area is 85.2 Å².